The van der Waals surface area contributed by atoms with E-state index in [1.165, 1.54) is 6.33 Å². The van der Waals surface area contributed by atoms with Crippen molar-refractivity contribution in [2.75, 3.05) is 18.5 Å². The molecule has 1 N–H and O–H groups in total. The molecule has 20 heavy (non-hydrogen) atoms. The minimum absolute atomic E-state index is 0.0247. The lowest BCUT2D eigenvalue weighted by atomic mass is 10.2. The van der Waals surface area contributed by atoms with Crippen LogP contribution < -0.4 is 10.1 Å². The maximum atomic E-state index is 11.2. The molecule has 1 rings (SSSR count). The number of hydrogen-bond acceptors (Lipinski definition) is 6. The SMILES string of the molecule is CCCCCNc1ncnc(OCC(C)C)c1[N+](=O)[O-]. The minimum atomic E-state index is -0.502. The fourth-order valence-electron chi connectivity index (χ4n) is 1.59. The van der Waals surface area contributed by atoms with Crippen LogP contribution in [0, 0.1) is 16.0 Å². The Morgan fingerprint density at radius 3 is 2.75 bits per heavy atom. The Morgan fingerprint density at radius 2 is 2.15 bits per heavy atom. The number of nitrogens with one attached hydrogen (secondary N) is 1. The number of hydrogen-bond donors (Lipinski definition) is 1. The molecule has 0 bridgehead atoms. The summed E-state index contributed by atoms with van der Waals surface area (Å²) in [7, 11) is 0. The van der Waals surface area contributed by atoms with E-state index in [0.29, 0.717) is 13.2 Å². The molecule has 0 aliphatic heterocycles. The van der Waals surface area contributed by atoms with Crippen LogP contribution in [-0.2, 0) is 0 Å². The fraction of sp³-hybridized carbons (Fsp3) is 0.692. The second kappa shape index (κ2) is 8.29. The van der Waals surface area contributed by atoms with E-state index in [-0.39, 0.29) is 23.3 Å². The number of unbranched alkanes of at least 4 members (excludes halogenated alkanes) is 2. The molecule has 7 nitrogen and oxygen atoms in total. The predicted octanol–water partition coefficient (Wildman–Crippen LogP) is 3.02. The third kappa shape index (κ3) is 4.99. The average molecular weight is 282 g/mol. The van der Waals surface area contributed by atoms with Crippen molar-refractivity contribution in [2.45, 2.75) is 40.0 Å². The van der Waals surface area contributed by atoms with E-state index in [2.05, 4.69) is 22.2 Å². The Morgan fingerprint density at radius 1 is 1.40 bits per heavy atom. The van der Waals surface area contributed by atoms with Crippen molar-refractivity contribution < 1.29 is 9.66 Å². The Hall–Kier alpha value is -1.92. The molecular weight excluding hydrogens is 260 g/mol. The van der Waals surface area contributed by atoms with Crippen molar-refractivity contribution in [2.24, 2.45) is 5.92 Å². The summed E-state index contributed by atoms with van der Waals surface area (Å²) in [4.78, 5) is 18.5. The van der Waals surface area contributed by atoms with Gasteiger partial charge in [0.25, 0.3) is 5.88 Å². The van der Waals surface area contributed by atoms with Crippen LogP contribution in [0.5, 0.6) is 5.88 Å². The third-order valence-electron chi connectivity index (χ3n) is 2.60. The van der Waals surface area contributed by atoms with Gasteiger partial charge in [0.1, 0.15) is 6.33 Å². The third-order valence-corrected chi connectivity index (χ3v) is 2.60. The minimum Gasteiger partial charge on any atom is -0.472 e. The number of nitrogens with zero attached hydrogens (tertiary/aromatic N) is 3. The van der Waals surface area contributed by atoms with Gasteiger partial charge in [-0.2, -0.15) is 4.98 Å². The van der Waals surface area contributed by atoms with Crippen LogP contribution in [0.3, 0.4) is 0 Å². The molecule has 0 aliphatic rings. The van der Waals surface area contributed by atoms with E-state index < -0.39 is 4.92 Å². The van der Waals surface area contributed by atoms with E-state index in [0.717, 1.165) is 19.3 Å². The number of aromatic nitrogens is 2. The first-order valence-electron chi connectivity index (χ1n) is 6.92. The molecular formula is C13H22N4O3. The van der Waals surface area contributed by atoms with Crippen LogP contribution in [0.25, 0.3) is 0 Å². The summed E-state index contributed by atoms with van der Waals surface area (Å²) in [5, 5.41) is 14.2. The Balaban J connectivity index is 2.82. The number of anilines is 1. The molecule has 0 fully saturated rings. The van der Waals surface area contributed by atoms with Gasteiger partial charge in [0, 0.05) is 6.54 Å². The molecule has 0 spiro atoms. The normalized spacial score (nSPS) is 10.6. The zero-order valence-electron chi connectivity index (χ0n) is 12.3. The van der Waals surface area contributed by atoms with E-state index in [4.69, 9.17) is 4.74 Å². The lowest BCUT2D eigenvalue weighted by Gasteiger charge is -2.10. The molecule has 0 radical (unpaired) electrons. The van der Waals surface area contributed by atoms with Crippen LogP contribution in [-0.4, -0.2) is 28.0 Å². The maximum absolute atomic E-state index is 11.2. The summed E-state index contributed by atoms with van der Waals surface area (Å²) in [6, 6.07) is 0. The van der Waals surface area contributed by atoms with Crippen LogP contribution in [0.15, 0.2) is 6.33 Å². The second-order valence-corrected chi connectivity index (χ2v) is 4.97. The fourth-order valence-corrected chi connectivity index (χ4v) is 1.59. The lowest BCUT2D eigenvalue weighted by Crippen LogP contribution is -2.11. The van der Waals surface area contributed by atoms with Gasteiger partial charge >= 0.3 is 5.69 Å². The van der Waals surface area contributed by atoms with E-state index in [1.807, 2.05) is 13.8 Å². The van der Waals surface area contributed by atoms with Gasteiger partial charge in [-0.3, -0.25) is 10.1 Å². The molecule has 0 amide bonds. The van der Waals surface area contributed by atoms with Crippen molar-refractivity contribution in [3.8, 4) is 5.88 Å². The molecule has 0 saturated heterocycles. The summed E-state index contributed by atoms with van der Waals surface area (Å²) in [5.41, 5.74) is -0.190. The van der Waals surface area contributed by atoms with Gasteiger partial charge in [-0.1, -0.05) is 33.6 Å². The standard InChI is InChI=1S/C13H22N4O3/c1-4-5-6-7-14-12-11(17(18)19)13(16-9-15-12)20-8-10(2)3/h9-10H,4-8H2,1-3H3,(H,14,15,16). The van der Waals surface area contributed by atoms with Crippen molar-refractivity contribution in [1.29, 1.82) is 0 Å². The molecule has 112 valence electrons. The number of ether oxygens (including phenoxy) is 1. The van der Waals surface area contributed by atoms with Crippen LogP contribution >= 0.6 is 0 Å². The highest BCUT2D eigenvalue weighted by Gasteiger charge is 2.24. The van der Waals surface area contributed by atoms with Gasteiger partial charge in [0.2, 0.25) is 5.82 Å². The molecule has 7 heteroatoms. The van der Waals surface area contributed by atoms with Gasteiger partial charge in [-0.05, 0) is 12.3 Å². The van der Waals surface area contributed by atoms with Crippen LogP contribution in [0.2, 0.25) is 0 Å². The van der Waals surface area contributed by atoms with Gasteiger partial charge in [0.05, 0.1) is 11.5 Å². The maximum Gasteiger partial charge on any atom is 0.372 e. The number of rotatable bonds is 9. The summed E-state index contributed by atoms with van der Waals surface area (Å²) in [5.74, 6) is 0.516. The summed E-state index contributed by atoms with van der Waals surface area (Å²) in [6.45, 7) is 7.07. The molecule has 0 atom stereocenters. The molecule has 1 aromatic heterocycles. The number of nitro groups is 1. The highest BCUT2D eigenvalue weighted by molar-refractivity contribution is 5.61. The summed E-state index contributed by atoms with van der Waals surface area (Å²) < 4.78 is 5.40. The van der Waals surface area contributed by atoms with Crippen molar-refractivity contribution in [3.63, 3.8) is 0 Å². The average Bonchev–Trinajstić information content (AvgIpc) is 2.41. The zero-order valence-corrected chi connectivity index (χ0v) is 12.3. The molecule has 1 heterocycles. The molecule has 0 aliphatic carbocycles. The van der Waals surface area contributed by atoms with Crippen LogP contribution in [0.4, 0.5) is 11.5 Å². The van der Waals surface area contributed by atoms with Gasteiger partial charge in [0.15, 0.2) is 0 Å². The predicted molar refractivity (Wildman–Crippen MR) is 77.0 cm³/mol. The van der Waals surface area contributed by atoms with Gasteiger partial charge < -0.3 is 10.1 Å². The Labute approximate surface area is 118 Å². The highest BCUT2D eigenvalue weighted by Crippen LogP contribution is 2.30. The van der Waals surface area contributed by atoms with E-state index in [9.17, 15) is 10.1 Å². The summed E-state index contributed by atoms with van der Waals surface area (Å²) in [6.07, 6.45) is 4.39. The second-order valence-electron chi connectivity index (χ2n) is 4.97. The Bertz CT molecular complexity index is 438. The molecule has 1 aromatic rings. The zero-order chi connectivity index (χ0) is 15.0. The first-order chi connectivity index (χ1) is 9.56. The Kier molecular flexibility index (Phi) is 6.69. The van der Waals surface area contributed by atoms with Gasteiger partial charge in [-0.15, -0.1) is 0 Å². The largest absolute Gasteiger partial charge is 0.472 e. The molecule has 0 aromatic carbocycles. The van der Waals surface area contributed by atoms with E-state index in [1.54, 1.807) is 0 Å². The monoisotopic (exact) mass is 282 g/mol. The first kappa shape index (κ1) is 16.1. The quantitative estimate of drug-likeness (QED) is 0.425. The topological polar surface area (TPSA) is 90.2 Å². The van der Waals surface area contributed by atoms with Gasteiger partial charge in [-0.25, -0.2) is 4.98 Å². The first-order valence-corrected chi connectivity index (χ1v) is 6.92. The van der Waals surface area contributed by atoms with Crippen molar-refractivity contribution in [3.05, 3.63) is 16.4 Å². The molecule has 0 unspecified atom stereocenters. The van der Waals surface area contributed by atoms with Crippen molar-refractivity contribution in [1.82, 2.24) is 9.97 Å². The van der Waals surface area contributed by atoms with Crippen LogP contribution in [0.1, 0.15) is 40.0 Å². The smallest absolute Gasteiger partial charge is 0.372 e. The van der Waals surface area contributed by atoms with Crippen molar-refractivity contribution >= 4 is 11.5 Å². The van der Waals surface area contributed by atoms with E-state index >= 15 is 0 Å². The summed E-state index contributed by atoms with van der Waals surface area (Å²) >= 11 is 0. The highest BCUT2D eigenvalue weighted by atomic mass is 16.6. The molecule has 0 saturated carbocycles. The lowest BCUT2D eigenvalue weighted by molar-refractivity contribution is -0.385.